The van der Waals surface area contributed by atoms with Gasteiger partial charge >= 0.3 is 0 Å². The summed E-state index contributed by atoms with van der Waals surface area (Å²) in [6.45, 7) is 9.87. The van der Waals surface area contributed by atoms with E-state index < -0.39 is 0 Å². The van der Waals surface area contributed by atoms with Crippen LogP contribution in [0, 0.1) is 11.8 Å². The number of halogens is 1. The van der Waals surface area contributed by atoms with Crippen LogP contribution in [0.1, 0.15) is 52.9 Å². The molecule has 6 heteroatoms. The second-order valence-corrected chi connectivity index (χ2v) is 6.58. The van der Waals surface area contributed by atoms with E-state index in [-0.39, 0.29) is 36.4 Å². The molecule has 0 aromatic rings. The largest absolute Gasteiger partial charge is 0.357 e. The van der Waals surface area contributed by atoms with E-state index in [0.29, 0.717) is 6.04 Å². The number of likely N-dealkylation sites (tertiary alicyclic amines) is 1. The van der Waals surface area contributed by atoms with Gasteiger partial charge in [-0.3, -0.25) is 4.79 Å². The number of carbonyl (C=O) groups excluding carboxylic acids is 1. The Morgan fingerprint density at radius 3 is 2.48 bits per heavy atom. The lowest BCUT2D eigenvalue weighted by atomic mass is 9.87. The van der Waals surface area contributed by atoms with Crippen LogP contribution in [0.4, 0.5) is 0 Å². The van der Waals surface area contributed by atoms with Gasteiger partial charge in [-0.1, -0.05) is 26.7 Å². The highest BCUT2D eigenvalue weighted by molar-refractivity contribution is 14.0. The van der Waals surface area contributed by atoms with Gasteiger partial charge < -0.3 is 15.5 Å². The number of guanidine groups is 1. The first-order valence-corrected chi connectivity index (χ1v) is 9.00. The highest BCUT2D eigenvalue weighted by Crippen LogP contribution is 2.28. The summed E-state index contributed by atoms with van der Waals surface area (Å²) in [5.41, 5.74) is 0. The van der Waals surface area contributed by atoms with Gasteiger partial charge in [0.15, 0.2) is 5.96 Å². The molecule has 1 saturated heterocycles. The molecule has 2 rings (SSSR count). The van der Waals surface area contributed by atoms with Crippen molar-refractivity contribution in [3.05, 3.63) is 0 Å². The van der Waals surface area contributed by atoms with Gasteiger partial charge in [-0.2, -0.15) is 0 Å². The first-order valence-electron chi connectivity index (χ1n) is 9.00. The van der Waals surface area contributed by atoms with Crippen LogP contribution in [0.5, 0.6) is 0 Å². The van der Waals surface area contributed by atoms with Crippen LogP contribution in [0.25, 0.3) is 0 Å². The van der Waals surface area contributed by atoms with E-state index in [9.17, 15) is 4.79 Å². The van der Waals surface area contributed by atoms with Crippen LogP contribution in [0.3, 0.4) is 0 Å². The monoisotopic (exact) mass is 436 g/mol. The molecule has 134 valence electrons. The summed E-state index contributed by atoms with van der Waals surface area (Å²) in [6.07, 6.45) is 6.00. The maximum atomic E-state index is 11.8. The molecular formula is C17H33IN4O. The van der Waals surface area contributed by atoms with Crippen LogP contribution in [-0.4, -0.2) is 49.0 Å². The average molecular weight is 436 g/mol. The third-order valence-corrected chi connectivity index (χ3v) is 4.89. The van der Waals surface area contributed by atoms with Crippen molar-refractivity contribution in [2.24, 2.45) is 16.8 Å². The van der Waals surface area contributed by atoms with Crippen molar-refractivity contribution in [3.63, 3.8) is 0 Å². The van der Waals surface area contributed by atoms with E-state index >= 15 is 0 Å². The minimum absolute atomic E-state index is 0. The molecular weight excluding hydrogens is 403 g/mol. The number of rotatable bonds is 7. The number of nitrogens with zero attached hydrogens (tertiary/aromatic N) is 2. The molecule has 1 amide bonds. The normalized spacial score (nSPS) is 21.3. The van der Waals surface area contributed by atoms with E-state index in [4.69, 9.17) is 0 Å². The smallest absolute Gasteiger partial charge is 0.242 e. The molecule has 2 fully saturated rings. The Morgan fingerprint density at radius 1 is 1.22 bits per heavy atom. The molecule has 1 unspecified atom stereocenters. The molecule has 5 nitrogen and oxygen atoms in total. The number of amides is 1. The highest BCUT2D eigenvalue weighted by Gasteiger charge is 2.29. The van der Waals surface area contributed by atoms with Gasteiger partial charge in [0.25, 0.3) is 0 Å². The van der Waals surface area contributed by atoms with Gasteiger partial charge in [0.05, 0.1) is 0 Å². The Morgan fingerprint density at radius 2 is 1.91 bits per heavy atom. The predicted octanol–water partition coefficient (Wildman–Crippen LogP) is 2.61. The molecule has 0 aromatic heterocycles. The van der Waals surface area contributed by atoms with E-state index in [0.717, 1.165) is 50.3 Å². The van der Waals surface area contributed by atoms with Gasteiger partial charge in [-0.15, -0.1) is 24.0 Å². The molecule has 0 aromatic carbocycles. The summed E-state index contributed by atoms with van der Waals surface area (Å²) in [6, 6.07) is 0.413. The Labute approximate surface area is 158 Å². The Bertz CT molecular complexity index is 394. The van der Waals surface area contributed by atoms with E-state index in [1.807, 2.05) is 0 Å². The molecule has 1 heterocycles. The Balaban J connectivity index is 0.00000264. The molecule has 2 aliphatic rings. The molecule has 1 aliphatic carbocycles. The van der Waals surface area contributed by atoms with Crippen LogP contribution < -0.4 is 10.6 Å². The fourth-order valence-corrected chi connectivity index (χ4v) is 3.39. The lowest BCUT2D eigenvalue weighted by molar-refractivity contribution is -0.119. The molecule has 0 radical (unpaired) electrons. The quantitative estimate of drug-likeness (QED) is 0.367. The Hall–Kier alpha value is -0.530. The average Bonchev–Trinajstić information content (AvgIpc) is 3.19. The number of aliphatic imine (C=N–C) groups is 1. The minimum Gasteiger partial charge on any atom is -0.357 e. The first kappa shape index (κ1) is 20.5. The van der Waals surface area contributed by atoms with Gasteiger partial charge in [-0.05, 0) is 38.0 Å². The lowest BCUT2D eigenvalue weighted by Gasteiger charge is -2.24. The SMILES string of the molecule is CCNC(=NCC(=O)NC1CC1)N1CCC(C(CC)CC)C1.I. The zero-order chi connectivity index (χ0) is 15.9. The maximum Gasteiger partial charge on any atom is 0.242 e. The highest BCUT2D eigenvalue weighted by atomic mass is 127. The zero-order valence-electron chi connectivity index (χ0n) is 14.8. The molecule has 1 aliphatic heterocycles. The number of nitrogens with one attached hydrogen (secondary N) is 2. The summed E-state index contributed by atoms with van der Waals surface area (Å²) in [5.74, 6) is 2.53. The lowest BCUT2D eigenvalue weighted by Crippen LogP contribution is -2.41. The van der Waals surface area contributed by atoms with Crippen LogP contribution in [0.15, 0.2) is 4.99 Å². The minimum atomic E-state index is 0. The predicted molar refractivity (Wildman–Crippen MR) is 106 cm³/mol. The number of carbonyl (C=O) groups is 1. The number of hydrogen-bond acceptors (Lipinski definition) is 2. The summed E-state index contributed by atoms with van der Waals surface area (Å²) in [4.78, 5) is 18.7. The van der Waals surface area contributed by atoms with Gasteiger partial charge in [0.1, 0.15) is 6.54 Å². The van der Waals surface area contributed by atoms with E-state index in [2.05, 4.69) is 41.3 Å². The van der Waals surface area contributed by atoms with Crippen molar-refractivity contribution in [2.75, 3.05) is 26.2 Å². The second kappa shape index (κ2) is 10.4. The molecule has 0 spiro atoms. The van der Waals surface area contributed by atoms with Gasteiger partial charge in [-0.25, -0.2) is 4.99 Å². The zero-order valence-corrected chi connectivity index (χ0v) is 17.1. The van der Waals surface area contributed by atoms with Crippen molar-refractivity contribution in [1.82, 2.24) is 15.5 Å². The second-order valence-electron chi connectivity index (χ2n) is 6.58. The first-order chi connectivity index (χ1) is 10.7. The Kier molecular flexibility index (Phi) is 9.24. The summed E-state index contributed by atoms with van der Waals surface area (Å²) < 4.78 is 0. The molecule has 1 atom stereocenters. The van der Waals surface area contributed by atoms with Gasteiger partial charge in [0.2, 0.25) is 5.91 Å². The van der Waals surface area contributed by atoms with Crippen molar-refractivity contribution in [1.29, 1.82) is 0 Å². The summed E-state index contributed by atoms with van der Waals surface area (Å²) >= 11 is 0. The van der Waals surface area contributed by atoms with E-state index in [1.165, 1.54) is 19.3 Å². The van der Waals surface area contributed by atoms with Crippen molar-refractivity contribution in [2.45, 2.75) is 58.9 Å². The summed E-state index contributed by atoms with van der Waals surface area (Å²) in [5, 5.41) is 6.34. The van der Waals surface area contributed by atoms with Gasteiger partial charge in [0, 0.05) is 25.7 Å². The summed E-state index contributed by atoms with van der Waals surface area (Å²) in [7, 11) is 0. The van der Waals surface area contributed by atoms with Crippen molar-refractivity contribution >= 4 is 35.8 Å². The molecule has 23 heavy (non-hydrogen) atoms. The third-order valence-electron chi connectivity index (χ3n) is 4.89. The fraction of sp³-hybridized carbons (Fsp3) is 0.882. The maximum absolute atomic E-state index is 11.8. The third kappa shape index (κ3) is 6.47. The molecule has 0 bridgehead atoms. The van der Waals surface area contributed by atoms with Crippen LogP contribution in [-0.2, 0) is 4.79 Å². The molecule has 2 N–H and O–H groups in total. The standard InChI is InChI=1S/C17H32N4O.HI/c1-4-13(5-2)14-9-10-21(12-14)17(18-6-3)19-11-16(22)20-15-7-8-15;/h13-15H,4-12H2,1-3H3,(H,18,19)(H,20,22);1H. The van der Waals surface area contributed by atoms with Crippen LogP contribution >= 0.6 is 24.0 Å². The van der Waals surface area contributed by atoms with E-state index in [1.54, 1.807) is 0 Å². The fourth-order valence-electron chi connectivity index (χ4n) is 3.39. The number of hydrogen-bond donors (Lipinski definition) is 2. The molecule has 1 saturated carbocycles. The topological polar surface area (TPSA) is 56.7 Å². The van der Waals surface area contributed by atoms with Crippen molar-refractivity contribution < 1.29 is 4.79 Å². The van der Waals surface area contributed by atoms with Crippen molar-refractivity contribution in [3.8, 4) is 0 Å². The van der Waals surface area contributed by atoms with Crippen LogP contribution in [0.2, 0.25) is 0 Å².